The molecule has 0 radical (unpaired) electrons. The van der Waals surface area contributed by atoms with Gasteiger partial charge in [0.2, 0.25) is 5.91 Å². The number of rotatable bonds is 7. The first-order valence-corrected chi connectivity index (χ1v) is 8.31. The van der Waals surface area contributed by atoms with Crippen LogP contribution in [0.25, 0.3) is 5.65 Å². The largest absolute Gasteiger partial charge is 0.487 e. The highest BCUT2D eigenvalue weighted by atomic mass is 16.5. The standard InChI is InChI=1S/C19H22N4O2/c1-14(20)5-10-19(24)22-15-6-8-17(9-7-15)25-13-16-12-23-11-3-2-4-18(23)21-16/h2-4,6-9,11-12,14H,5,10,13,20H2,1H3,(H,22,24). The van der Waals surface area contributed by atoms with Gasteiger partial charge in [0.05, 0.1) is 5.69 Å². The lowest BCUT2D eigenvalue weighted by Crippen LogP contribution is -2.19. The van der Waals surface area contributed by atoms with Gasteiger partial charge in [0.25, 0.3) is 0 Å². The lowest BCUT2D eigenvalue weighted by molar-refractivity contribution is -0.116. The predicted molar refractivity (Wildman–Crippen MR) is 97.5 cm³/mol. The maximum atomic E-state index is 11.8. The molecule has 0 fully saturated rings. The van der Waals surface area contributed by atoms with Crippen LogP contribution in [0.2, 0.25) is 0 Å². The van der Waals surface area contributed by atoms with Crippen molar-refractivity contribution in [3.63, 3.8) is 0 Å². The summed E-state index contributed by atoms with van der Waals surface area (Å²) >= 11 is 0. The van der Waals surface area contributed by atoms with E-state index in [9.17, 15) is 4.79 Å². The van der Waals surface area contributed by atoms with Crippen LogP contribution in [-0.4, -0.2) is 21.3 Å². The fraction of sp³-hybridized carbons (Fsp3) is 0.263. The zero-order valence-corrected chi connectivity index (χ0v) is 14.2. The molecular weight excluding hydrogens is 316 g/mol. The number of anilines is 1. The summed E-state index contributed by atoms with van der Waals surface area (Å²) in [5.41, 5.74) is 8.16. The van der Waals surface area contributed by atoms with E-state index in [1.807, 2.05) is 66.2 Å². The Morgan fingerprint density at radius 1 is 1.28 bits per heavy atom. The Balaban J connectivity index is 1.52. The molecule has 1 atom stereocenters. The first kappa shape index (κ1) is 17.0. The number of imidazole rings is 1. The zero-order valence-electron chi connectivity index (χ0n) is 14.2. The molecule has 0 spiro atoms. The second-order valence-electron chi connectivity index (χ2n) is 6.08. The van der Waals surface area contributed by atoms with Crippen molar-refractivity contribution in [2.75, 3.05) is 5.32 Å². The third kappa shape index (κ3) is 4.81. The Kier molecular flexibility index (Phi) is 5.30. The molecule has 0 bridgehead atoms. The minimum absolute atomic E-state index is 0.0288. The van der Waals surface area contributed by atoms with Gasteiger partial charge in [-0.15, -0.1) is 0 Å². The summed E-state index contributed by atoms with van der Waals surface area (Å²) in [5.74, 6) is 0.696. The summed E-state index contributed by atoms with van der Waals surface area (Å²) < 4.78 is 7.71. The summed E-state index contributed by atoms with van der Waals surface area (Å²) in [7, 11) is 0. The number of ether oxygens (including phenoxy) is 1. The highest BCUT2D eigenvalue weighted by Gasteiger charge is 2.05. The van der Waals surface area contributed by atoms with E-state index in [1.165, 1.54) is 0 Å². The molecule has 6 heteroatoms. The van der Waals surface area contributed by atoms with Gasteiger partial charge < -0.3 is 20.2 Å². The van der Waals surface area contributed by atoms with Crippen molar-refractivity contribution in [1.82, 2.24) is 9.38 Å². The van der Waals surface area contributed by atoms with E-state index in [2.05, 4.69) is 10.3 Å². The molecule has 3 rings (SSSR count). The molecule has 3 aromatic rings. The molecule has 0 aliphatic carbocycles. The number of nitrogens with two attached hydrogens (primary N) is 1. The second-order valence-corrected chi connectivity index (χ2v) is 6.08. The molecule has 130 valence electrons. The van der Waals surface area contributed by atoms with Gasteiger partial charge in [-0.05, 0) is 49.7 Å². The molecule has 0 aliphatic rings. The first-order valence-electron chi connectivity index (χ1n) is 8.31. The summed E-state index contributed by atoms with van der Waals surface area (Å²) in [6, 6.07) is 13.2. The predicted octanol–water partition coefficient (Wildman–Crippen LogP) is 2.98. The Labute approximate surface area is 146 Å². The van der Waals surface area contributed by atoms with E-state index in [0.29, 0.717) is 19.4 Å². The number of hydrogen-bond acceptors (Lipinski definition) is 4. The third-order valence-electron chi connectivity index (χ3n) is 3.77. The van der Waals surface area contributed by atoms with E-state index >= 15 is 0 Å². The summed E-state index contributed by atoms with van der Waals surface area (Å²) in [4.78, 5) is 16.3. The maximum absolute atomic E-state index is 11.8. The second kappa shape index (κ2) is 7.81. The van der Waals surface area contributed by atoms with E-state index < -0.39 is 0 Å². The molecule has 1 amide bonds. The molecule has 1 aromatic carbocycles. The molecule has 0 saturated carbocycles. The molecule has 0 saturated heterocycles. The fourth-order valence-corrected chi connectivity index (χ4v) is 2.43. The summed E-state index contributed by atoms with van der Waals surface area (Å²) in [5, 5.41) is 2.85. The Morgan fingerprint density at radius 3 is 2.80 bits per heavy atom. The van der Waals surface area contributed by atoms with Crippen LogP contribution in [0.15, 0.2) is 54.9 Å². The van der Waals surface area contributed by atoms with Crippen molar-refractivity contribution in [3.05, 3.63) is 60.6 Å². The van der Waals surface area contributed by atoms with E-state index in [1.54, 1.807) is 0 Å². The van der Waals surface area contributed by atoms with Crippen LogP contribution in [0.4, 0.5) is 5.69 Å². The number of carbonyl (C=O) groups is 1. The van der Waals surface area contributed by atoms with Gasteiger partial charge >= 0.3 is 0 Å². The highest BCUT2D eigenvalue weighted by molar-refractivity contribution is 5.90. The van der Waals surface area contributed by atoms with Crippen molar-refractivity contribution in [2.45, 2.75) is 32.4 Å². The topological polar surface area (TPSA) is 81.7 Å². The number of nitrogens with one attached hydrogen (secondary N) is 1. The molecule has 3 N–H and O–H groups in total. The number of fused-ring (bicyclic) bond motifs is 1. The number of nitrogens with zero attached hydrogens (tertiary/aromatic N) is 2. The Hall–Kier alpha value is -2.86. The smallest absolute Gasteiger partial charge is 0.224 e. The van der Waals surface area contributed by atoms with E-state index in [0.717, 1.165) is 22.8 Å². The van der Waals surface area contributed by atoms with Gasteiger partial charge in [0.15, 0.2) is 0 Å². The van der Waals surface area contributed by atoms with Gasteiger partial charge in [0, 0.05) is 30.5 Å². The third-order valence-corrected chi connectivity index (χ3v) is 3.77. The lowest BCUT2D eigenvalue weighted by atomic mass is 10.2. The lowest BCUT2D eigenvalue weighted by Gasteiger charge is -2.08. The fourth-order valence-electron chi connectivity index (χ4n) is 2.43. The van der Waals surface area contributed by atoms with Crippen molar-refractivity contribution < 1.29 is 9.53 Å². The zero-order chi connectivity index (χ0) is 17.6. The van der Waals surface area contributed by atoms with Gasteiger partial charge in [-0.2, -0.15) is 0 Å². The van der Waals surface area contributed by atoms with Crippen molar-refractivity contribution >= 4 is 17.2 Å². The maximum Gasteiger partial charge on any atom is 0.224 e. The SMILES string of the molecule is CC(N)CCC(=O)Nc1ccc(OCc2cn3ccccc3n2)cc1. The number of carbonyl (C=O) groups excluding carboxylic acids is 1. The molecule has 25 heavy (non-hydrogen) atoms. The number of benzene rings is 1. The Bertz CT molecular complexity index is 807. The van der Waals surface area contributed by atoms with Gasteiger partial charge in [0.1, 0.15) is 18.0 Å². The summed E-state index contributed by atoms with van der Waals surface area (Å²) in [6.45, 7) is 2.28. The number of pyridine rings is 1. The van der Waals surface area contributed by atoms with Crippen molar-refractivity contribution in [3.8, 4) is 5.75 Å². The van der Waals surface area contributed by atoms with Crippen LogP contribution in [0, 0.1) is 0 Å². The van der Waals surface area contributed by atoms with Crippen LogP contribution in [0.1, 0.15) is 25.5 Å². The normalized spacial score (nSPS) is 12.1. The minimum Gasteiger partial charge on any atom is -0.487 e. The van der Waals surface area contributed by atoms with Crippen molar-refractivity contribution in [1.29, 1.82) is 0 Å². The van der Waals surface area contributed by atoms with Gasteiger partial charge in [-0.25, -0.2) is 4.98 Å². The van der Waals surface area contributed by atoms with Crippen LogP contribution >= 0.6 is 0 Å². The first-order chi connectivity index (χ1) is 12.1. The molecule has 0 aliphatic heterocycles. The molecular formula is C19H22N4O2. The number of aromatic nitrogens is 2. The highest BCUT2D eigenvalue weighted by Crippen LogP contribution is 2.17. The van der Waals surface area contributed by atoms with Gasteiger partial charge in [-0.3, -0.25) is 4.79 Å². The molecule has 2 heterocycles. The average Bonchev–Trinajstić information content (AvgIpc) is 3.02. The quantitative estimate of drug-likeness (QED) is 0.694. The number of hydrogen-bond donors (Lipinski definition) is 2. The van der Waals surface area contributed by atoms with E-state index in [-0.39, 0.29) is 11.9 Å². The molecule has 6 nitrogen and oxygen atoms in total. The van der Waals surface area contributed by atoms with Gasteiger partial charge in [-0.1, -0.05) is 6.07 Å². The van der Waals surface area contributed by atoms with Crippen molar-refractivity contribution in [2.24, 2.45) is 5.73 Å². The monoisotopic (exact) mass is 338 g/mol. The van der Waals surface area contributed by atoms with E-state index in [4.69, 9.17) is 10.5 Å². The summed E-state index contributed by atoms with van der Waals surface area (Å²) in [6.07, 6.45) is 4.99. The van der Waals surface area contributed by atoms with Crippen LogP contribution < -0.4 is 15.8 Å². The number of amides is 1. The Morgan fingerprint density at radius 2 is 2.08 bits per heavy atom. The molecule has 1 unspecified atom stereocenters. The van der Waals surface area contributed by atoms with Crippen LogP contribution in [0.5, 0.6) is 5.75 Å². The minimum atomic E-state index is -0.0318. The van der Waals surface area contributed by atoms with Crippen LogP contribution in [-0.2, 0) is 11.4 Å². The van der Waals surface area contributed by atoms with Crippen LogP contribution in [0.3, 0.4) is 0 Å². The average molecular weight is 338 g/mol. The molecule has 2 aromatic heterocycles.